The molecule has 0 fully saturated rings. The average Bonchev–Trinajstić information content (AvgIpc) is 2.28. The summed E-state index contributed by atoms with van der Waals surface area (Å²) < 4.78 is 0. The van der Waals surface area contributed by atoms with E-state index in [1.54, 1.807) is 6.07 Å². The van der Waals surface area contributed by atoms with Crippen molar-refractivity contribution < 1.29 is 10.0 Å². The van der Waals surface area contributed by atoms with Crippen LogP contribution in [0.4, 0.5) is 17.1 Å². The Morgan fingerprint density at radius 2 is 2.12 bits per heavy atom. The van der Waals surface area contributed by atoms with Crippen LogP contribution < -0.4 is 16.4 Å². The molecule has 17 heavy (non-hydrogen) atoms. The highest BCUT2D eigenvalue weighted by molar-refractivity contribution is 5.65. The van der Waals surface area contributed by atoms with Crippen LogP contribution in [-0.4, -0.2) is 36.3 Å². The van der Waals surface area contributed by atoms with Crippen LogP contribution in [0.5, 0.6) is 0 Å². The molecule has 0 atom stereocenters. The van der Waals surface area contributed by atoms with Gasteiger partial charge in [-0.2, -0.15) is 0 Å². The molecule has 0 unspecified atom stereocenters. The van der Waals surface area contributed by atoms with E-state index in [9.17, 15) is 10.1 Å². The van der Waals surface area contributed by atoms with Gasteiger partial charge in [0.15, 0.2) is 0 Å². The summed E-state index contributed by atoms with van der Waals surface area (Å²) in [5.74, 6) is 0. The second-order valence-electron chi connectivity index (χ2n) is 3.43. The van der Waals surface area contributed by atoms with Crippen LogP contribution in [-0.2, 0) is 0 Å². The zero-order chi connectivity index (χ0) is 12.7. The largest absolute Gasteiger partial charge is 0.395 e. The van der Waals surface area contributed by atoms with Crippen LogP contribution >= 0.6 is 0 Å². The molecule has 0 saturated carbocycles. The molecule has 7 nitrogen and oxygen atoms in total. The van der Waals surface area contributed by atoms with Crippen molar-refractivity contribution >= 4 is 17.1 Å². The molecule has 94 valence electrons. The van der Waals surface area contributed by atoms with Gasteiger partial charge in [-0.25, -0.2) is 0 Å². The number of benzene rings is 1. The van der Waals surface area contributed by atoms with Gasteiger partial charge in [0, 0.05) is 31.4 Å². The maximum atomic E-state index is 10.5. The van der Waals surface area contributed by atoms with Gasteiger partial charge < -0.3 is 21.5 Å². The van der Waals surface area contributed by atoms with Crippen LogP contribution in [0, 0.1) is 10.1 Å². The second-order valence-corrected chi connectivity index (χ2v) is 3.43. The molecule has 0 aromatic heterocycles. The maximum Gasteiger partial charge on any atom is 0.292 e. The van der Waals surface area contributed by atoms with Gasteiger partial charge in [-0.1, -0.05) is 0 Å². The van der Waals surface area contributed by atoms with Gasteiger partial charge in [0.25, 0.3) is 5.69 Å². The van der Waals surface area contributed by atoms with Crippen LogP contribution in [0.15, 0.2) is 18.2 Å². The minimum Gasteiger partial charge on any atom is -0.395 e. The molecular formula is C10H16N4O3. The number of nitro benzene ring substituents is 1. The summed E-state index contributed by atoms with van der Waals surface area (Å²) in [6.45, 7) is 1.99. The maximum absolute atomic E-state index is 10.5. The number of nitrogens with zero attached hydrogens (tertiary/aromatic N) is 1. The minimum absolute atomic E-state index is 0.0889. The Morgan fingerprint density at radius 1 is 1.35 bits per heavy atom. The number of anilines is 2. The third-order valence-corrected chi connectivity index (χ3v) is 2.14. The van der Waals surface area contributed by atoms with Crippen molar-refractivity contribution in [2.45, 2.75) is 0 Å². The molecule has 5 N–H and O–H groups in total. The SMILES string of the molecule is Nc1cc(NCCNCCO)ccc1[N+](=O)[O-]. The number of hydrogen-bond donors (Lipinski definition) is 4. The van der Waals surface area contributed by atoms with E-state index in [0.29, 0.717) is 19.6 Å². The molecule has 0 amide bonds. The first-order valence-corrected chi connectivity index (χ1v) is 5.24. The summed E-state index contributed by atoms with van der Waals surface area (Å²) in [6, 6.07) is 4.52. The second kappa shape index (κ2) is 6.66. The lowest BCUT2D eigenvalue weighted by molar-refractivity contribution is -0.383. The van der Waals surface area contributed by atoms with E-state index in [0.717, 1.165) is 5.69 Å². The van der Waals surface area contributed by atoms with Crippen molar-refractivity contribution in [3.63, 3.8) is 0 Å². The molecule has 1 aromatic rings. The first kappa shape index (κ1) is 13.2. The number of nitro groups is 1. The van der Waals surface area contributed by atoms with E-state index >= 15 is 0 Å². The standard InChI is InChI=1S/C10H16N4O3/c11-9-7-8(1-2-10(9)14(16)17)13-4-3-12-5-6-15/h1-2,7,12-13,15H,3-6,11H2. The summed E-state index contributed by atoms with van der Waals surface area (Å²) in [6.07, 6.45) is 0. The number of nitrogens with one attached hydrogen (secondary N) is 2. The molecule has 7 heteroatoms. The first-order valence-electron chi connectivity index (χ1n) is 5.24. The van der Waals surface area contributed by atoms with Crippen molar-refractivity contribution in [3.8, 4) is 0 Å². The highest BCUT2D eigenvalue weighted by Crippen LogP contribution is 2.24. The zero-order valence-electron chi connectivity index (χ0n) is 9.35. The van der Waals surface area contributed by atoms with Crippen LogP contribution in [0.2, 0.25) is 0 Å². The van der Waals surface area contributed by atoms with Crippen LogP contribution in [0.3, 0.4) is 0 Å². The Kier molecular flexibility index (Phi) is 5.18. The molecule has 0 bridgehead atoms. The molecule has 0 saturated heterocycles. The zero-order valence-corrected chi connectivity index (χ0v) is 9.35. The van der Waals surface area contributed by atoms with Gasteiger partial charge in [0.1, 0.15) is 5.69 Å². The van der Waals surface area contributed by atoms with E-state index in [-0.39, 0.29) is 18.0 Å². The molecule has 0 aliphatic heterocycles. The predicted molar refractivity (Wildman–Crippen MR) is 66.0 cm³/mol. The van der Waals surface area contributed by atoms with Crippen molar-refractivity contribution in [3.05, 3.63) is 28.3 Å². The van der Waals surface area contributed by atoms with E-state index < -0.39 is 4.92 Å². The quantitative estimate of drug-likeness (QED) is 0.234. The third-order valence-electron chi connectivity index (χ3n) is 2.14. The van der Waals surface area contributed by atoms with E-state index in [2.05, 4.69) is 10.6 Å². The monoisotopic (exact) mass is 240 g/mol. The van der Waals surface area contributed by atoms with Gasteiger partial charge in [-0.3, -0.25) is 10.1 Å². The Balaban J connectivity index is 2.45. The number of rotatable bonds is 7. The van der Waals surface area contributed by atoms with Gasteiger partial charge in [0.2, 0.25) is 0 Å². The highest BCUT2D eigenvalue weighted by atomic mass is 16.6. The first-order chi connectivity index (χ1) is 8.15. The molecule has 1 rings (SSSR count). The smallest absolute Gasteiger partial charge is 0.292 e. The van der Waals surface area contributed by atoms with Gasteiger partial charge in [0.05, 0.1) is 11.5 Å². The van der Waals surface area contributed by atoms with Crippen molar-refractivity contribution in [2.75, 3.05) is 37.3 Å². The molecule has 1 aromatic carbocycles. The summed E-state index contributed by atoms with van der Waals surface area (Å²) in [5, 5.41) is 25.1. The summed E-state index contributed by atoms with van der Waals surface area (Å²) >= 11 is 0. The Hall–Kier alpha value is -1.86. The van der Waals surface area contributed by atoms with Crippen molar-refractivity contribution in [2.24, 2.45) is 0 Å². The van der Waals surface area contributed by atoms with E-state index in [4.69, 9.17) is 10.8 Å². The van der Waals surface area contributed by atoms with Gasteiger partial charge in [-0.05, 0) is 12.1 Å². The van der Waals surface area contributed by atoms with Crippen LogP contribution in [0.1, 0.15) is 0 Å². The average molecular weight is 240 g/mol. The van der Waals surface area contributed by atoms with Crippen molar-refractivity contribution in [1.82, 2.24) is 5.32 Å². The highest BCUT2D eigenvalue weighted by Gasteiger charge is 2.10. The number of hydrogen-bond acceptors (Lipinski definition) is 6. The van der Waals surface area contributed by atoms with Gasteiger partial charge >= 0.3 is 0 Å². The fourth-order valence-electron chi connectivity index (χ4n) is 1.33. The topological polar surface area (TPSA) is 113 Å². The number of nitrogen functional groups attached to an aromatic ring is 1. The van der Waals surface area contributed by atoms with Crippen molar-refractivity contribution in [1.29, 1.82) is 0 Å². The molecule has 0 aliphatic rings. The Bertz CT molecular complexity index is 384. The fraction of sp³-hybridized carbons (Fsp3) is 0.400. The molecule has 0 aliphatic carbocycles. The Labute approximate surface area is 98.8 Å². The lowest BCUT2D eigenvalue weighted by atomic mass is 10.2. The number of aliphatic hydroxyl groups is 1. The molecular weight excluding hydrogens is 224 g/mol. The summed E-state index contributed by atoms with van der Waals surface area (Å²) in [4.78, 5) is 10.0. The Morgan fingerprint density at radius 3 is 2.71 bits per heavy atom. The summed E-state index contributed by atoms with van der Waals surface area (Å²) in [7, 11) is 0. The van der Waals surface area contributed by atoms with Crippen LogP contribution in [0.25, 0.3) is 0 Å². The normalized spacial score (nSPS) is 10.2. The molecule has 0 radical (unpaired) electrons. The minimum atomic E-state index is -0.512. The van der Waals surface area contributed by atoms with E-state index in [1.165, 1.54) is 12.1 Å². The van der Waals surface area contributed by atoms with E-state index in [1.807, 2.05) is 0 Å². The lowest BCUT2D eigenvalue weighted by Gasteiger charge is -2.07. The lowest BCUT2D eigenvalue weighted by Crippen LogP contribution is -2.24. The third kappa shape index (κ3) is 4.25. The summed E-state index contributed by atoms with van der Waals surface area (Å²) in [5.41, 5.74) is 6.33. The molecule has 0 heterocycles. The van der Waals surface area contributed by atoms with Gasteiger partial charge in [-0.15, -0.1) is 0 Å². The molecule has 0 spiro atoms. The number of aliphatic hydroxyl groups excluding tert-OH is 1. The number of nitrogens with two attached hydrogens (primary N) is 1. The predicted octanol–water partition coefficient (Wildman–Crippen LogP) is 0.171. The fourth-order valence-corrected chi connectivity index (χ4v) is 1.33.